The van der Waals surface area contributed by atoms with E-state index in [4.69, 9.17) is 0 Å². The maximum absolute atomic E-state index is 11.9. The van der Waals surface area contributed by atoms with Crippen molar-refractivity contribution in [1.29, 1.82) is 0 Å². The molecule has 21 heavy (non-hydrogen) atoms. The van der Waals surface area contributed by atoms with Gasteiger partial charge in [-0.25, -0.2) is 4.79 Å². The standard InChI is InChI=1S/C18H22OSi2/c1-20(2,3)18(15-19)21(4,16-11-7-5-8-12-16)17-13-9-6-10-14-17/h5-14H,1-4H3. The van der Waals surface area contributed by atoms with Crippen molar-refractivity contribution in [2.24, 2.45) is 0 Å². The van der Waals surface area contributed by atoms with E-state index in [0.29, 0.717) is 0 Å². The molecule has 0 aromatic heterocycles. The third-order valence-electron chi connectivity index (χ3n) is 4.05. The van der Waals surface area contributed by atoms with E-state index < -0.39 is 16.1 Å². The Morgan fingerprint density at radius 2 is 1.14 bits per heavy atom. The lowest BCUT2D eigenvalue weighted by Gasteiger charge is -2.35. The Balaban J connectivity index is 2.75. The minimum absolute atomic E-state index is 1.05. The molecule has 0 aliphatic heterocycles. The minimum Gasteiger partial charge on any atom is -0.234 e. The van der Waals surface area contributed by atoms with Gasteiger partial charge in [0.2, 0.25) is 0 Å². The highest BCUT2D eigenvalue weighted by atomic mass is 28.4. The molecule has 0 radical (unpaired) electrons. The normalized spacial score (nSPS) is 11.8. The fraction of sp³-hybridized carbons (Fsp3) is 0.222. The highest BCUT2D eigenvalue weighted by Crippen LogP contribution is 2.23. The molecular formula is C18H22OSi2. The molecule has 0 aliphatic carbocycles. The van der Waals surface area contributed by atoms with E-state index >= 15 is 0 Å². The van der Waals surface area contributed by atoms with Crippen molar-refractivity contribution in [2.45, 2.75) is 26.2 Å². The number of hydrogen-bond acceptors (Lipinski definition) is 1. The summed E-state index contributed by atoms with van der Waals surface area (Å²) in [6.45, 7) is 9.01. The minimum atomic E-state index is -2.21. The molecule has 0 saturated carbocycles. The predicted octanol–water partition coefficient (Wildman–Crippen LogP) is 3.05. The van der Waals surface area contributed by atoms with Gasteiger partial charge in [-0.2, -0.15) is 0 Å². The van der Waals surface area contributed by atoms with Crippen LogP contribution in [0.2, 0.25) is 26.2 Å². The third kappa shape index (κ3) is 3.00. The summed E-state index contributed by atoms with van der Waals surface area (Å²) in [5.41, 5.74) is 0. The van der Waals surface area contributed by atoms with Crippen molar-refractivity contribution in [2.75, 3.05) is 0 Å². The smallest absolute Gasteiger partial charge is 0.149 e. The molecule has 0 heterocycles. The van der Waals surface area contributed by atoms with Crippen molar-refractivity contribution in [3.8, 4) is 0 Å². The lowest BCUT2D eigenvalue weighted by atomic mass is 10.4. The molecule has 0 aliphatic rings. The summed E-state index contributed by atoms with van der Waals surface area (Å²) in [4.78, 5) is 12.9. The van der Waals surface area contributed by atoms with E-state index in [1.807, 2.05) is 12.1 Å². The van der Waals surface area contributed by atoms with Crippen LogP contribution in [0.15, 0.2) is 65.5 Å². The molecule has 1 nitrogen and oxygen atoms in total. The van der Waals surface area contributed by atoms with E-state index in [9.17, 15) is 4.79 Å². The Bertz CT molecular complexity index is 611. The summed E-state index contributed by atoms with van der Waals surface area (Å²) in [5.74, 6) is 2.37. The van der Waals surface area contributed by atoms with E-state index in [2.05, 4.69) is 80.7 Å². The van der Waals surface area contributed by atoms with E-state index in [1.54, 1.807) is 0 Å². The van der Waals surface area contributed by atoms with Crippen molar-refractivity contribution in [3.05, 3.63) is 65.5 Å². The summed E-state index contributed by atoms with van der Waals surface area (Å²) in [7, 11) is -3.94. The SMILES string of the molecule is C[Si](C)(C)C(=C=O)[Si](C)(c1ccccc1)c1ccccc1. The summed E-state index contributed by atoms with van der Waals surface area (Å²) in [6, 6.07) is 21.0. The van der Waals surface area contributed by atoms with Gasteiger partial charge in [0, 0.05) is 0 Å². The van der Waals surface area contributed by atoms with E-state index in [1.165, 1.54) is 10.4 Å². The van der Waals surface area contributed by atoms with Gasteiger partial charge in [-0.1, -0.05) is 86.9 Å². The highest BCUT2D eigenvalue weighted by Gasteiger charge is 2.42. The summed E-state index contributed by atoms with van der Waals surface area (Å²) in [5, 5.41) is 2.58. The maximum Gasteiger partial charge on any atom is 0.149 e. The monoisotopic (exact) mass is 310 g/mol. The molecule has 0 spiro atoms. The summed E-state index contributed by atoms with van der Waals surface area (Å²) < 4.78 is 0. The molecule has 0 atom stereocenters. The van der Waals surface area contributed by atoms with Gasteiger partial charge in [-0.15, -0.1) is 0 Å². The van der Waals surface area contributed by atoms with Crippen LogP contribution in [0.25, 0.3) is 0 Å². The molecule has 108 valence electrons. The first-order valence-corrected chi connectivity index (χ1v) is 13.3. The Kier molecular flexibility index (Phi) is 4.47. The Hall–Kier alpha value is -1.68. The van der Waals surface area contributed by atoms with Gasteiger partial charge >= 0.3 is 0 Å². The van der Waals surface area contributed by atoms with Gasteiger partial charge < -0.3 is 0 Å². The average Bonchev–Trinajstić information content (AvgIpc) is 2.48. The number of benzene rings is 2. The van der Waals surface area contributed by atoms with Crippen molar-refractivity contribution in [1.82, 2.24) is 0 Å². The zero-order valence-corrected chi connectivity index (χ0v) is 15.2. The fourth-order valence-electron chi connectivity index (χ4n) is 3.00. The van der Waals surface area contributed by atoms with Crippen LogP contribution >= 0.6 is 0 Å². The Morgan fingerprint density at radius 3 is 1.43 bits per heavy atom. The number of carbonyl (C=O) groups excluding carboxylic acids is 1. The molecule has 0 unspecified atom stereocenters. The molecule has 3 heteroatoms. The maximum atomic E-state index is 11.9. The van der Waals surface area contributed by atoms with Gasteiger partial charge in [-0.3, -0.25) is 0 Å². The summed E-state index contributed by atoms with van der Waals surface area (Å²) >= 11 is 0. The van der Waals surface area contributed by atoms with Crippen LogP contribution in [0, 0.1) is 0 Å². The molecule has 0 fully saturated rings. The lowest BCUT2D eigenvalue weighted by Crippen LogP contribution is -2.62. The van der Waals surface area contributed by atoms with Crippen LogP contribution in [0.1, 0.15) is 0 Å². The average molecular weight is 311 g/mol. The molecule has 2 aromatic carbocycles. The highest BCUT2D eigenvalue weighted by molar-refractivity contribution is 7.18. The van der Waals surface area contributed by atoms with Gasteiger partial charge in [0.15, 0.2) is 0 Å². The second kappa shape index (κ2) is 5.98. The van der Waals surface area contributed by atoms with Gasteiger partial charge in [0.25, 0.3) is 0 Å². The third-order valence-corrected chi connectivity index (χ3v) is 13.5. The lowest BCUT2D eigenvalue weighted by molar-refractivity contribution is 0.568. The van der Waals surface area contributed by atoms with Crippen LogP contribution < -0.4 is 10.4 Å². The van der Waals surface area contributed by atoms with E-state index in [-0.39, 0.29) is 0 Å². The molecule has 0 bridgehead atoms. The quantitative estimate of drug-likeness (QED) is 0.626. The van der Waals surface area contributed by atoms with E-state index in [0.717, 1.165) is 4.82 Å². The Labute approximate surface area is 129 Å². The molecule has 0 amide bonds. The van der Waals surface area contributed by atoms with Gasteiger partial charge in [-0.05, 0) is 15.2 Å². The van der Waals surface area contributed by atoms with Crippen LogP contribution in [0.3, 0.4) is 0 Å². The molecule has 0 N–H and O–H groups in total. The van der Waals surface area contributed by atoms with Crippen molar-refractivity contribution < 1.29 is 4.79 Å². The number of rotatable bonds is 4. The topological polar surface area (TPSA) is 17.1 Å². The molecule has 2 aromatic rings. The molecule has 2 rings (SSSR count). The second-order valence-corrected chi connectivity index (χ2v) is 16.0. The zero-order valence-electron chi connectivity index (χ0n) is 13.2. The second-order valence-electron chi connectivity index (χ2n) is 6.58. The predicted molar refractivity (Wildman–Crippen MR) is 96.3 cm³/mol. The Morgan fingerprint density at radius 1 is 0.762 bits per heavy atom. The van der Waals surface area contributed by atoms with Crippen LogP contribution in [0.5, 0.6) is 0 Å². The van der Waals surface area contributed by atoms with Crippen LogP contribution in [-0.4, -0.2) is 22.1 Å². The number of hydrogen-bond donors (Lipinski definition) is 0. The van der Waals surface area contributed by atoms with Gasteiger partial charge in [0.1, 0.15) is 14.0 Å². The van der Waals surface area contributed by atoms with Crippen molar-refractivity contribution >= 4 is 32.5 Å². The molecular weight excluding hydrogens is 288 g/mol. The first-order chi connectivity index (χ1) is 9.90. The van der Waals surface area contributed by atoms with Crippen molar-refractivity contribution in [3.63, 3.8) is 0 Å². The first-order valence-electron chi connectivity index (χ1n) is 7.28. The van der Waals surface area contributed by atoms with Crippen LogP contribution in [0.4, 0.5) is 0 Å². The van der Waals surface area contributed by atoms with Crippen LogP contribution in [-0.2, 0) is 4.79 Å². The fourth-order valence-corrected chi connectivity index (χ4v) is 13.0. The van der Waals surface area contributed by atoms with Gasteiger partial charge in [0.05, 0.1) is 8.07 Å². The largest absolute Gasteiger partial charge is 0.234 e. The zero-order chi connectivity index (χ0) is 15.5. The summed E-state index contributed by atoms with van der Waals surface area (Å²) in [6.07, 6.45) is 0. The first kappa shape index (κ1) is 15.7. The molecule has 0 saturated heterocycles.